The summed E-state index contributed by atoms with van der Waals surface area (Å²) < 4.78 is 11.8. The van der Waals surface area contributed by atoms with Gasteiger partial charge >= 0.3 is 0 Å². The van der Waals surface area contributed by atoms with E-state index in [1.165, 1.54) is 12.8 Å². The molecule has 2 saturated heterocycles. The molecule has 3 fully saturated rings. The molecule has 0 radical (unpaired) electrons. The zero-order chi connectivity index (χ0) is 15.7. The van der Waals surface area contributed by atoms with E-state index < -0.39 is 0 Å². The van der Waals surface area contributed by atoms with Crippen LogP contribution in [0.4, 0.5) is 0 Å². The molecule has 4 rings (SSSR count). The highest BCUT2D eigenvalue weighted by Crippen LogP contribution is 2.42. The molecule has 0 bridgehead atoms. The van der Waals surface area contributed by atoms with Gasteiger partial charge in [0, 0.05) is 25.6 Å². The first kappa shape index (κ1) is 15.6. The van der Waals surface area contributed by atoms with Gasteiger partial charge in [-0.25, -0.2) is 0 Å². The van der Waals surface area contributed by atoms with Crippen LogP contribution in [0.2, 0.25) is 0 Å². The van der Waals surface area contributed by atoms with Gasteiger partial charge in [-0.05, 0) is 56.3 Å². The third-order valence-corrected chi connectivity index (χ3v) is 6.13. The number of allylic oxidation sites excluding steroid dienone is 2. The van der Waals surface area contributed by atoms with Gasteiger partial charge in [0.1, 0.15) is 0 Å². The minimum atomic E-state index is 0.215. The van der Waals surface area contributed by atoms with Gasteiger partial charge in [0.05, 0.1) is 19.3 Å². The average Bonchev–Trinajstić information content (AvgIpc) is 3.08. The Morgan fingerprint density at radius 3 is 2.61 bits per heavy atom. The fraction of sp³-hybridized carbons (Fsp3) is 0.842. The van der Waals surface area contributed by atoms with Gasteiger partial charge < -0.3 is 14.4 Å². The molecule has 1 saturated carbocycles. The molecule has 2 heterocycles. The molecular formula is C19H29NO3. The fourth-order valence-electron chi connectivity index (χ4n) is 4.28. The highest BCUT2D eigenvalue weighted by atomic mass is 16.5. The van der Waals surface area contributed by atoms with Crippen molar-refractivity contribution < 1.29 is 14.3 Å². The van der Waals surface area contributed by atoms with Crippen LogP contribution in [-0.4, -0.2) is 49.8 Å². The smallest absolute Gasteiger partial charge is 0.226 e. The maximum absolute atomic E-state index is 12.5. The second-order valence-corrected chi connectivity index (χ2v) is 8.08. The number of likely N-dealkylation sites (tertiary alicyclic amines) is 1. The predicted octanol–water partition coefficient (Wildman–Crippen LogP) is 2.78. The second-order valence-electron chi connectivity index (χ2n) is 8.08. The van der Waals surface area contributed by atoms with E-state index in [9.17, 15) is 4.79 Å². The van der Waals surface area contributed by atoms with Gasteiger partial charge in [-0.2, -0.15) is 0 Å². The number of hydrogen-bond acceptors (Lipinski definition) is 3. The lowest BCUT2D eigenvalue weighted by Gasteiger charge is -2.39. The highest BCUT2D eigenvalue weighted by molar-refractivity contribution is 5.79. The van der Waals surface area contributed by atoms with Crippen LogP contribution in [-0.2, 0) is 14.3 Å². The standard InChI is InChI=1S/C19H29NO3/c21-18(16-3-1-2-4-16)20-9-7-19(8-10-20)11-17(23-14-19)13-22-12-15-5-6-15/h1-2,15-17H,3-14H2. The topological polar surface area (TPSA) is 38.8 Å². The van der Waals surface area contributed by atoms with Crippen molar-refractivity contribution in [1.29, 1.82) is 0 Å². The van der Waals surface area contributed by atoms with E-state index in [0.29, 0.717) is 11.3 Å². The lowest BCUT2D eigenvalue weighted by atomic mass is 9.76. The predicted molar refractivity (Wildman–Crippen MR) is 88.0 cm³/mol. The van der Waals surface area contributed by atoms with E-state index in [-0.39, 0.29) is 12.0 Å². The Morgan fingerprint density at radius 2 is 1.91 bits per heavy atom. The van der Waals surface area contributed by atoms with Crippen molar-refractivity contribution in [2.24, 2.45) is 17.3 Å². The minimum absolute atomic E-state index is 0.215. The van der Waals surface area contributed by atoms with Gasteiger partial charge in [-0.1, -0.05) is 12.2 Å². The number of rotatable bonds is 5. The lowest BCUT2D eigenvalue weighted by Crippen LogP contribution is -2.45. The molecule has 0 aromatic carbocycles. The average molecular weight is 319 g/mol. The number of amides is 1. The monoisotopic (exact) mass is 319 g/mol. The van der Waals surface area contributed by atoms with Crippen LogP contribution in [0, 0.1) is 17.3 Å². The Kier molecular flexibility index (Phi) is 4.46. The minimum Gasteiger partial charge on any atom is -0.378 e. The van der Waals surface area contributed by atoms with E-state index in [1.54, 1.807) is 0 Å². The van der Waals surface area contributed by atoms with Crippen molar-refractivity contribution in [1.82, 2.24) is 4.90 Å². The van der Waals surface area contributed by atoms with Crippen molar-refractivity contribution in [2.45, 2.75) is 51.0 Å². The van der Waals surface area contributed by atoms with Crippen molar-refractivity contribution in [3.8, 4) is 0 Å². The van der Waals surface area contributed by atoms with E-state index >= 15 is 0 Å². The Bertz CT molecular complexity index is 455. The molecule has 1 unspecified atom stereocenters. The number of carbonyl (C=O) groups is 1. The van der Waals surface area contributed by atoms with Crippen LogP contribution in [0.25, 0.3) is 0 Å². The molecule has 1 amide bonds. The summed E-state index contributed by atoms with van der Waals surface area (Å²) in [4.78, 5) is 14.6. The van der Waals surface area contributed by atoms with E-state index in [2.05, 4.69) is 17.1 Å². The van der Waals surface area contributed by atoms with Gasteiger partial charge in [0.25, 0.3) is 0 Å². The van der Waals surface area contributed by atoms with Crippen LogP contribution < -0.4 is 0 Å². The second kappa shape index (κ2) is 6.56. The Balaban J connectivity index is 1.21. The van der Waals surface area contributed by atoms with Gasteiger partial charge in [-0.15, -0.1) is 0 Å². The SMILES string of the molecule is O=C(C1CC=CC1)N1CCC2(CC1)COC(COCC1CC1)C2. The number of piperidine rings is 1. The number of carbonyl (C=O) groups excluding carboxylic acids is 1. The van der Waals surface area contributed by atoms with Crippen LogP contribution in [0.15, 0.2) is 12.2 Å². The molecule has 1 atom stereocenters. The molecule has 4 aliphatic rings. The Hall–Kier alpha value is -0.870. The summed E-state index contributed by atoms with van der Waals surface area (Å²) in [5.74, 6) is 1.41. The Morgan fingerprint density at radius 1 is 1.17 bits per heavy atom. The first-order chi connectivity index (χ1) is 11.2. The lowest BCUT2D eigenvalue weighted by molar-refractivity contribution is -0.137. The molecule has 2 aliphatic heterocycles. The van der Waals surface area contributed by atoms with Crippen molar-refractivity contribution >= 4 is 5.91 Å². The van der Waals surface area contributed by atoms with Crippen LogP contribution in [0.5, 0.6) is 0 Å². The summed E-state index contributed by atoms with van der Waals surface area (Å²) in [7, 11) is 0. The third kappa shape index (κ3) is 3.63. The first-order valence-electron chi connectivity index (χ1n) is 9.37. The van der Waals surface area contributed by atoms with Crippen LogP contribution in [0.3, 0.4) is 0 Å². The van der Waals surface area contributed by atoms with E-state index in [4.69, 9.17) is 9.47 Å². The third-order valence-electron chi connectivity index (χ3n) is 6.13. The first-order valence-corrected chi connectivity index (χ1v) is 9.37. The quantitative estimate of drug-likeness (QED) is 0.732. The summed E-state index contributed by atoms with van der Waals surface area (Å²) in [5, 5.41) is 0. The molecule has 4 heteroatoms. The van der Waals surface area contributed by atoms with Gasteiger partial charge in [0.15, 0.2) is 0 Å². The summed E-state index contributed by atoms with van der Waals surface area (Å²) in [6, 6.07) is 0. The fourth-order valence-corrected chi connectivity index (χ4v) is 4.28. The van der Waals surface area contributed by atoms with Crippen molar-refractivity contribution in [3.63, 3.8) is 0 Å². The van der Waals surface area contributed by atoms with Crippen LogP contribution >= 0.6 is 0 Å². The molecule has 1 spiro atoms. The van der Waals surface area contributed by atoms with E-state index in [0.717, 1.165) is 70.9 Å². The molecule has 0 aromatic heterocycles. The summed E-state index contributed by atoms with van der Waals surface area (Å²) >= 11 is 0. The maximum atomic E-state index is 12.5. The zero-order valence-electron chi connectivity index (χ0n) is 14.0. The number of nitrogens with zero attached hydrogens (tertiary/aromatic N) is 1. The molecule has 4 nitrogen and oxygen atoms in total. The number of hydrogen-bond donors (Lipinski definition) is 0. The van der Waals surface area contributed by atoms with Gasteiger partial charge in [0.2, 0.25) is 5.91 Å². The molecule has 0 N–H and O–H groups in total. The molecule has 128 valence electrons. The van der Waals surface area contributed by atoms with E-state index in [1.807, 2.05) is 0 Å². The van der Waals surface area contributed by atoms with Crippen molar-refractivity contribution in [2.75, 3.05) is 32.9 Å². The molecular weight excluding hydrogens is 290 g/mol. The molecule has 23 heavy (non-hydrogen) atoms. The highest BCUT2D eigenvalue weighted by Gasteiger charge is 2.43. The summed E-state index contributed by atoms with van der Waals surface area (Å²) in [5.41, 5.74) is 0.304. The molecule has 0 aromatic rings. The molecule has 2 aliphatic carbocycles. The summed E-state index contributed by atoms with van der Waals surface area (Å²) in [6.07, 6.45) is 12.4. The Labute approximate surface area is 139 Å². The zero-order valence-corrected chi connectivity index (χ0v) is 14.0. The normalized spacial score (nSPS) is 30.4. The number of ether oxygens (including phenoxy) is 2. The van der Waals surface area contributed by atoms with Crippen LogP contribution in [0.1, 0.15) is 44.9 Å². The summed E-state index contributed by atoms with van der Waals surface area (Å²) in [6.45, 7) is 4.36. The van der Waals surface area contributed by atoms with Gasteiger partial charge in [-0.3, -0.25) is 4.79 Å². The van der Waals surface area contributed by atoms with Crippen molar-refractivity contribution in [3.05, 3.63) is 12.2 Å². The maximum Gasteiger partial charge on any atom is 0.226 e. The largest absolute Gasteiger partial charge is 0.378 e.